The van der Waals surface area contributed by atoms with Gasteiger partial charge in [-0.15, -0.1) is 0 Å². The molecule has 0 rings (SSSR count). The van der Waals surface area contributed by atoms with E-state index in [1.807, 2.05) is 0 Å². The first-order valence-electron chi connectivity index (χ1n) is 0. The summed E-state index contributed by atoms with van der Waals surface area (Å²) < 4.78 is 0. The van der Waals surface area contributed by atoms with Crippen LogP contribution in [-0.4, -0.2) is 199 Å². The van der Waals surface area contributed by atoms with E-state index in [1.54, 1.807) is 0 Å². The molecule has 48 valence electrons. The van der Waals surface area contributed by atoms with Gasteiger partial charge in [-0.05, 0) is 0 Å². The molecule has 0 aliphatic carbocycles. The van der Waals surface area contributed by atoms with Crippen LogP contribution in [0, 0.1) is 0 Å². The van der Waals surface area contributed by atoms with Gasteiger partial charge in [0.1, 0.15) is 0 Å². The van der Waals surface area contributed by atoms with Gasteiger partial charge in [-0.1, -0.05) is 0 Å². The maximum atomic E-state index is 0. The molecule has 0 heterocycles. The SMILES string of the molecule is [Ag].[Cd].[GaH3].[GeH4].[InH3].[KH].[NaH].[PbH2].[Tl].[Zn]. The fourth-order valence-electron chi connectivity index (χ4n) is 0. The third-order valence-corrected chi connectivity index (χ3v) is 0. The molecule has 0 saturated carbocycles. The standard InChI is InChI=1S/Ag.Cd.Ga.GeH4.In.K.Na.Pb.Tl.Zn.10H/h;;;1H4;;;;;;;;;;;;;;;;. The third-order valence-electron chi connectivity index (χ3n) is 0. The first-order chi connectivity index (χ1) is 0. The van der Waals surface area contributed by atoms with Crippen LogP contribution in [0.3, 0.4) is 0 Å². The van der Waals surface area contributed by atoms with Gasteiger partial charge in [-0.3, -0.25) is 0 Å². The third kappa shape index (κ3) is 54.1. The van der Waals surface area contributed by atoms with Gasteiger partial charge in [0.25, 0.3) is 0 Å². The smallest absolute Gasteiger partial charge is 0 e. The molecule has 0 aliphatic rings. The summed E-state index contributed by atoms with van der Waals surface area (Å²) in [4.78, 5) is 0. The maximum Gasteiger partial charge on any atom is 0 e. The Balaban J connectivity index is 0. The minimum Gasteiger partial charge on any atom is 0 e. The van der Waals surface area contributed by atoms with Crippen molar-refractivity contribution in [3.05, 3.63) is 0 Å². The Bertz CT molecular complexity index is 33.2. The molecule has 10 heteroatoms. The van der Waals surface area contributed by atoms with Gasteiger partial charge in [0.05, 0.1) is 0 Å². The molecule has 0 N–H and O–H groups in total. The van der Waals surface area contributed by atoms with Crippen molar-refractivity contribution < 1.29 is 69.2 Å². The molecule has 0 aromatic rings. The van der Waals surface area contributed by atoms with Crippen LogP contribution >= 0.6 is 0 Å². The van der Waals surface area contributed by atoms with Crippen LogP contribution in [0.2, 0.25) is 0 Å². The summed E-state index contributed by atoms with van der Waals surface area (Å²) >= 11 is 0. The van der Waals surface area contributed by atoms with E-state index in [-0.39, 0.29) is 268 Å². The van der Waals surface area contributed by atoms with Crippen molar-refractivity contribution in [1.29, 1.82) is 0 Å². The molecule has 4 radical (unpaired) electrons. The van der Waals surface area contributed by atoms with Crippen molar-refractivity contribution in [2.24, 2.45) is 0 Å². The number of hydrogen-bond acceptors (Lipinski definition) is 0. The first-order valence-corrected chi connectivity index (χ1v) is 0. The van der Waals surface area contributed by atoms with Crippen LogP contribution in [0.25, 0.3) is 0 Å². The molecule has 0 amide bonds. The molecule has 10 heavy (non-hydrogen) atoms. The molecule has 0 unspecified atom stereocenters. The Hall–Kier alpha value is 8.82. The van der Waals surface area contributed by atoms with Crippen molar-refractivity contribution >= 4 is 199 Å². The van der Waals surface area contributed by atoms with Gasteiger partial charge in [-0.2, -0.15) is 0 Å². The monoisotopic (exact) mass is 1030 g/mol. The van der Waals surface area contributed by atoms with Crippen LogP contribution in [0.1, 0.15) is 0 Å². The Morgan fingerprint density at radius 3 is 1.00 bits per heavy atom. The fraction of sp³-hybridized carbons (Fsp3) is 0. The van der Waals surface area contributed by atoms with E-state index in [4.69, 9.17) is 0 Å². The predicted molar refractivity (Wildman–Crippen MR) is 59.8 cm³/mol. The fourth-order valence-corrected chi connectivity index (χ4v) is 0. The largest absolute Gasteiger partial charge is 0 e. The zero-order chi connectivity index (χ0) is 0. The van der Waals surface area contributed by atoms with E-state index in [9.17, 15) is 0 Å². The zero-order valence-corrected chi connectivity index (χ0v) is 21.5. The number of rotatable bonds is 0. The Kier molecular flexibility index (Phi) is 498. The quantitative estimate of drug-likeness (QED) is 0.213. The Morgan fingerprint density at radius 1 is 1.00 bits per heavy atom. The average molecular weight is 1030 g/mol. The maximum absolute atomic E-state index is 0. The van der Waals surface area contributed by atoms with Crippen molar-refractivity contribution in [3.8, 4) is 0 Å². The molecular formula is H14AgCdGaGeInKNaPbTlZn. The Morgan fingerprint density at radius 2 is 1.00 bits per heavy atom. The second-order valence-corrected chi connectivity index (χ2v) is 0. The van der Waals surface area contributed by atoms with Gasteiger partial charge < -0.3 is 0 Å². The van der Waals surface area contributed by atoms with E-state index in [0.717, 1.165) is 0 Å². The predicted octanol–water partition coefficient (Wildman–Crippen LogP) is -6.42. The summed E-state index contributed by atoms with van der Waals surface area (Å²) in [6.45, 7) is 0. The molecule has 0 bridgehead atoms. The molecule has 0 aromatic carbocycles. The molecule has 0 saturated heterocycles. The number of hydrogen-bond donors (Lipinski definition) is 0. The van der Waals surface area contributed by atoms with E-state index in [0.29, 0.717) is 0 Å². The van der Waals surface area contributed by atoms with Gasteiger partial charge in [0.2, 0.25) is 0 Å². The van der Waals surface area contributed by atoms with E-state index in [1.165, 1.54) is 0 Å². The molecule has 0 fully saturated rings. The van der Waals surface area contributed by atoms with Crippen LogP contribution in [0.5, 0.6) is 0 Å². The second kappa shape index (κ2) is 64.8. The summed E-state index contributed by atoms with van der Waals surface area (Å²) in [5.41, 5.74) is 0. The van der Waals surface area contributed by atoms with Crippen molar-refractivity contribution in [1.82, 2.24) is 0 Å². The second-order valence-electron chi connectivity index (χ2n) is 0. The molecule has 0 aromatic heterocycles. The van der Waals surface area contributed by atoms with Crippen molar-refractivity contribution in [2.45, 2.75) is 0 Å². The minimum absolute atomic E-state index is 0. The normalized spacial score (nSPS) is 0. The van der Waals surface area contributed by atoms with Crippen LogP contribution in [0.4, 0.5) is 0 Å². The van der Waals surface area contributed by atoms with Gasteiger partial charge in [0, 0.05) is 96.5 Å². The zero-order valence-electron chi connectivity index (χ0n) is 3.00. The summed E-state index contributed by atoms with van der Waals surface area (Å²) in [7, 11) is 0. The van der Waals surface area contributed by atoms with Crippen LogP contribution < -0.4 is 0 Å². The molecule has 0 spiro atoms. The average Bonchev–Trinajstić information content (AvgIpc) is 0. The van der Waals surface area contributed by atoms with Gasteiger partial charge in [-0.25, -0.2) is 0 Å². The summed E-state index contributed by atoms with van der Waals surface area (Å²) in [6, 6.07) is 0. The van der Waals surface area contributed by atoms with Crippen molar-refractivity contribution in [2.75, 3.05) is 0 Å². The van der Waals surface area contributed by atoms with Crippen LogP contribution in [-0.2, 0) is 69.2 Å². The van der Waals surface area contributed by atoms with E-state index in [2.05, 4.69) is 0 Å². The first kappa shape index (κ1) is 76.8. The summed E-state index contributed by atoms with van der Waals surface area (Å²) in [5.74, 6) is 0. The van der Waals surface area contributed by atoms with E-state index >= 15 is 0 Å². The Labute approximate surface area is 259 Å². The summed E-state index contributed by atoms with van der Waals surface area (Å²) in [5, 5.41) is 0. The van der Waals surface area contributed by atoms with Crippen LogP contribution in [0.15, 0.2) is 0 Å². The molecular weight excluding hydrogens is 1020 g/mol. The van der Waals surface area contributed by atoms with Crippen molar-refractivity contribution in [3.63, 3.8) is 0 Å². The summed E-state index contributed by atoms with van der Waals surface area (Å²) in [6.07, 6.45) is 0. The molecule has 0 nitrogen and oxygen atoms in total. The van der Waals surface area contributed by atoms with Gasteiger partial charge >= 0.3 is 171 Å². The topological polar surface area (TPSA) is 0 Å². The van der Waals surface area contributed by atoms with E-state index < -0.39 is 0 Å². The molecule has 0 aliphatic heterocycles. The molecule has 0 atom stereocenters. The minimum atomic E-state index is 0. The van der Waals surface area contributed by atoms with Gasteiger partial charge in [0.15, 0.2) is 0 Å².